The van der Waals surface area contributed by atoms with Crippen LogP contribution in [0.3, 0.4) is 0 Å². The van der Waals surface area contributed by atoms with Gasteiger partial charge < -0.3 is 19.1 Å². The van der Waals surface area contributed by atoms with Crippen LogP contribution in [0, 0.1) is 0 Å². The number of methoxy groups -OCH3 is 1. The lowest BCUT2D eigenvalue weighted by Crippen LogP contribution is -2.55. The van der Waals surface area contributed by atoms with Crippen molar-refractivity contribution >= 4 is 17.2 Å². The highest BCUT2D eigenvalue weighted by Crippen LogP contribution is 2.46. The van der Waals surface area contributed by atoms with Crippen LogP contribution in [0.2, 0.25) is 0 Å². The molecule has 2 aliphatic heterocycles. The largest absolute Gasteiger partial charge is 0.496 e. The van der Waals surface area contributed by atoms with E-state index in [9.17, 15) is 4.79 Å². The smallest absolute Gasteiger partial charge is 0.275 e. The first-order valence-electron chi connectivity index (χ1n) is 13.0. The van der Waals surface area contributed by atoms with Crippen molar-refractivity contribution in [3.8, 4) is 39.6 Å². The number of hydrogen-bond acceptors (Lipinski definition) is 7. The maximum Gasteiger partial charge on any atom is 0.275 e. The maximum absolute atomic E-state index is 13.9. The average molecular weight is 509 g/mol. The van der Waals surface area contributed by atoms with Gasteiger partial charge in [0.1, 0.15) is 18.1 Å². The Hall–Kier alpha value is -3.63. The van der Waals surface area contributed by atoms with Gasteiger partial charge in [0.05, 0.1) is 43.4 Å². The highest BCUT2D eigenvalue weighted by Gasteiger charge is 2.39. The van der Waals surface area contributed by atoms with E-state index >= 15 is 0 Å². The summed E-state index contributed by atoms with van der Waals surface area (Å²) in [5, 5.41) is 12.8. The van der Waals surface area contributed by atoms with E-state index in [1.165, 1.54) is 23.7 Å². The Labute approximate surface area is 217 Å². The Morgan fingerprint density at radius 3 is 2.92 bits per heavy atom. The number of thiophene rings is 1. The van der Waals surface area contributed by atoms with E-state index in [1.807, 2.05) is 41.6 Å². The fraction of sp³-hybridized carbons (Fsp3) is 0.346. The van der Waals surface area contributed by atoms with Crippen molar-refractivity contribution in [2.75, 3.05) is 26.9 Å². The van der Waals surface area contributed by atoms with Gasteiger partial charge in [-0.15, -0.1) is 0 Å². The van der Waals surface area contributed by atoms with Crippen LogP contribution in [-0.2, 0) is 18.3 Å². The molecule has 9 nitrogen and oxygen atoms in total. The summed E-state index contributed by atoms with van der Waals surface area (Å²) in [6.45, 7) is 3.10. The lowest BCUT2D eigenvalue weighted by molar-refractivity contribution is -0.0374. The fourth-order valence-electron chi connectivity index (χ4n) is 4.83. The topological polar surface area (TPSA) is 83.6 Å². The van der Waals surface area contributed by atoms with Crippen LogP contribution in [0.1, 0.15) is 34.0 Å². The third kappa shape index (κ3) is 3.59. The Morgan fingerprint density at radius 1 is 1.31 bits per heavy atom. The van der Waals surface area contributed by atoms with Crippen molar-refractivity contribution in [2.45, 2.75) is 26.0 Å². The van der Waals surface area contributed by atoms with E-state index < -0.39 is 12.5 Å². The predicted octanol–water partition coefficient (Wildman–Crippen LogP) is 4.15. The molecule has 186 valence electrons. The Bertz CT molecular complexity index is 1560. The van der Waals surface area contributed by atoms with Crippen molar-refractivity contribution in [1.29, 1.82) is 0 Å². The normalized spacial score (nSPS) is 17.9. The molecule has 1 fully saturated rings. The first-order chi connectivity index (χ1) is 18.6. The monoisotopic (exact) mass is 508 g/mol. The molecule has 5 heterocycles. The lowest BCUT2D eigenvalue weighted by Gasteiger charge is -2.41. The maximum atomic E-state index is 13.9. The van der Waals surface area contributed by atoms with Crippen LogP contribution in [0.25, 0.3) is 28.1 Å². The zero-order valence-electron chi connectivity index (χ0n) is 23.1. The molecule has 3 aromatic heterocycles. The Kier molecular flexibility index (Phi) is 4.61. The number of nitrogens with zero attached hydrogens (tertiary/aromatic N) is 5. The van der Waals surface area contributed by atoms with Crippen LogP contribution >= 0.6 is 11.3 Å². The van der Waals surface area contributed by atoms with Crippen LogP contribution in [0.15, 0.2) is 41.4 Å². The van der Waals surface area contributed by atoms with E-state index in [2.05, 4.69) is 5.10 Å². The first-order valence-corrected chi connectivity index (χ1v) is 12.5. The summed E-state index contributed by atoms with van der Waals surface area (Å²) in [4.78, 5) is 15.7. The van der Waals surface area contributed by atoms with E-state index in [0.717, 1.165) is 16.1 Å². The van der Waals surface area contributed by atoms with Gasteiger partial charge in [0.25, 0.3) is 5.91 Å². The number of fused-ring (bicyclic) bond motifs is 3. The molecule has 1 amide bonds. The molecule has 0 saturated carbocycles. The van der Waals surface area contributed by atoms with Gasteiger partial charge in [0.2, 0.25) is 0 Å². The third-order valence-electron chi connectivity index (χ3n) is 6.65. The average Bonchev–Trinajstić information content (AvgIpc) is 3.66. The summed E-state index contributed by atoms with van der Waals surface area (Å²) in [6, 6.07) is 5.60. The fourth-order valence-corrected chi connectivity index (χ4v) is 5.45. The SMILES string of the molecule is [2H]C([2H])([2H])n1cc(-c2cc3c(cc2OC)OCc2c(C(=O)N4CCOCC4(C)C)nn(-c4ccsc4)c2-3)cn1. The second-order valence-corrected chi connectivity index (χ2v) is 10.2. The van der Waals surface area contributed by atoms with Gasteiger partial charge in [-0.2, -0.15) is 21.5 Å². The number of amides is 1. The number of aromatic nitrogens is 4. The first kappa shape index (κ1) is 19.5. The number of benzene rings is 1. The number of carbonyl (C=O) groups excluding carboxylic acids is 1. The van der Waals surface area contributed by atoms with E-state index in [1.54, 1.807) is 17.9 Å². The molecule has 2 aliphatic rings. The minimum atomic E-state index is -2.41. The van der Waals surface area contributed by atoms with E-state index in [-0.39, 0.29) is 12.5 Å². The molecule has 1 saturated heterocycles. The number of ether oxygens (including phenoxy) is 3. The standard InChI is InChI=1S/C26H27N5O4S/c1-26(2)15-34-7-6-30(26)25(32)23-20-13-35-22-10-21(33-4)18(16-11-27-29(3)12-16)9-19(22)24(20)31(28-23)17-5-8-36-14-17/h5,8-12,14H,6-7,13,15H2,1-4H3/i3D3. The molecular weight excluding hydrogens is 478 g/mol. The van der Waals surface area contributed by atoms with Gasteiger partial charge in [0.15, 0.2) is 5.69 Å². The molecule has 0 radical (unpaired) electrons. The summed E-state index contributed by atoms with van der Waals surface area (Å²) in [6.07, 6.45) is 2.96. The second-order valence-electron chi connectivity index (χ2n) is 9.40. The molecular formula is C26H27N5O4S. The van der Waals surface area contributed by atoms with Crippen LogP contribution in [-0.4, -0.2) is 62.8 Å². The summed E-state index contributed by atoms with van der Waals surface area (Å²) >= 11 is 1.53. The van der Waals surface area contributed by atoms with Crippen LogP contribution in [0.4, 0.5) is 0 Å². The highest BCUT2D eigenvalue weighted by molar-refractivity contribution is 7.08. The van der Waals surface area contributed by atoms with Crippen molar-refractivity contribution < 1.29 is 23.1 Å². The molecule has 0 bridgehead atoms. The number of aryl methyl sites for hydroxylation is 1. The molecule has 36 heavy (non-hydrogen) atoms. The summed E-state index contributed by atoms with van der Waals surface area (Å²) in [5.41, 5.74) is 4.06. The van der Waals surface area contributed by atoms with Gasteiger partial charge in [-0.1, -0.05) is 0 Å². The molecule has 4 aromatic rings. The highest BCUT2D eigenvalue weighted by atomic mass is 32.1. The van der Waals surface area contributed by atoms with E-state index in [0.29, 0.717) is 59.2 Å². The number of morpholine rings is 1. The second kappa shape index (κ2) is 8.49. The zero-order valence-corrected chi connectivity index (χ0v) is 21.0. The van der Waals surface area contributed by atoms with Gasteiger partial charge >= 0.3 is 0 Å². The Morgan fingerprint density at radius 2 is 2.19 bits per heavy atom. The molecule has 0 N–H and O–H groups in total. The Balaban J connectivity index is 1.53. The number of carbonyl (C=O) groups is 1. The zero-order chi connectivity index (χ0) is 27.5. The predicted molar refractivity (Wildman–Crippen MR) is 136 cm³/mol. The third-order valence-corrected chi connectivity index (χ3v) is 7.32. The molecule has 1 aromatic carbocycles. The van der Waals surface area contributed by atoms with Crippen LogP contribution in [0.5, 0.6) is 11.5 Å². The van der Waals surface area contributed by atoms with Crippen molar-refractivity contribution in [3.63, 3.8) is 0 Å². The minimum Gasteiger partial charge on any atom is -0.496 e. The summed E-state index contributed by atoms with van der Waals surface area (Å²) in [5.74, 6) is 0.914. The van der Waals surface area contributed by atoms with Crippen LogP contribution < -0.4 is 9.47 Å². The van der Waals surface area contributed by atoms with Crippen molar-refractivity contribution in [3.05, 3.63) is 52.6 Å². The molecule has 0 atom stereocenters. The summed E-state index contributed by atoms with van der Waals surface area (Å²) in [7, 11) is 1.55. The van der Waals surface area contributed by atoms with Crippen molar-refractivity contribution in [2.24, 2.45) is 6.98 Å². The number of rotatable bonds is 4. The van der Waals surface area contributed by atoms with Gasteiger partial charge in [-0.05, 0) is 31.4 Å². The van der Waals surface area contributed by atoms with Gasteiger partial charge in [-0.25, -0.2) is 4.68 Å². The molecule has 0 unspecified atom stereocenters. The van der Waals surface area contributed by atoms with E-state index in [4.69, 9.17) is 23.4 Å². The minimum absolute atomic E-state index is 0.164. The molecule has 6 rings (SSSR count). The van der Waals surface area contributed by atoms with Gasteiger partial charge in [-0.3, -0.25) is 9.48 Å². The quantitative estimate of drug-likeness (QED) is 0.412. The molecule has 10 heteroatoms. The summed E-state index contributed by atoms with van der Waals surface area (Å²) < 4.78 is 43.2. The van der Waals surface area contributed by atoms with Gasteiger partial charge in [0, 0.05) is 57.5 Å². The molecule has 0 spiro atoms. The van der Waals surface area contributed by atoms with Crippen molar-refractivity contribution in [1.82, 2.24) is 24.5 Å². The lowest BCUT2D eigenvalue weighted by atomic mass is 9.96. The number of hydrogen-bond donors (Lipinski definition) is 0. The molecule has 0 aliphatic carbocycles.